The van der Waals surface area contributed by atoms with Gasteiger partial charge in [0.1, 0.15) is 5.69 Å². The molecule has 1 aliphatic rings. The first-order valence-electron chi connectivity index (χ1n) is 6.54. The van der Waals surface area contributed by atoms with Gasteiger partial charge in [0.15, 0.2) is 0 Å². The number of nitro groups is 1. The van der Waals surface area contributed by atoms with E-state index < -0.39 is 15.7 Å². The van der Waals surface area contributed by atoms with Crippen LogP contribution in [0.25, 0.3) is 0 Å². The first-order chi connectivity index (χ1) is 9.86. The highest BCUT2D eigenvalue weighted by molar-refractivity contribution is 7.84. The summed E-state index contributed by atoms with van der Waals surface area (Å²) in [5.74, 6) is 0.276. The van der Waals surface area contributed by atoms with Crippen LogP contribution in [0.4, 0.5) is 17.1 Å². The van der Waals surface area contributed by atoms with Gasteiger partial charge in [0.25, 0.3) is 5.69 Å². The second-order valence-corrected chi connectivity index (χ2v) is 6.60. The van der Waals surface area contributed by atoms with Crippen molar-refractivity contribution in [2.75, 3.05) is 22.6 Å². The number of nitro benzene ring substituents is 1. The number of amides is 1. The van der Waals surface area contributed by atoms with Gasteiger partial charge in [-0.15, -0.1) is 0 Å². The van der Waals surface area contributed by atoms with E-state index in [0.717, 1.165) is 5.56 Å². The predicted molar refractivity (Wildman–Crippen MR) is 82.1 cm³/mol. The zero-order valence-corrected chi connectivity index (χ0v) is 12.7. The molecular weight excluding hydrogens is 294 g/mol. The normalized spacial score (nSPS) is 16.6. The van der Waals surface area contributed by atoms with Crippen LogP contribution in [0.5, 0.6) is 0 Å². The van der Waals surface area contributed by atoms with E-state index in [1.54, 1.807) is 12.3 Å². The van der Waals surface area contributed by atoms with Gasteiger partial charge in [0.2, 0.25) is 5.91 Å². The first kappa shape index (κ1) is 15.4. The zero-order valence-electron chi connectivity index (χ0n) is 11.8. The van der Waals surface area contributed by atoms with E-state index in [4.69, 9.17) is 0 Å². The van der Waals surface area contributed by atoms with Gasteiger partial charge in [-0.1, -0.05) is 0 Å². The molecule has 7 nitrogen and oxygen atoms in total. The minimum absolute atomic E-state index is 0.0929. The molecule has 2 rings (SSSR count). The number of carbonyl (C=O) groups is 1. The maximum Gasteiger partial charge on any atom is 0.294 e. The molecule has 0 saturated carbocycles. The number of benzene rings is 1. The molecule has 2 N–H and O–H groups in total. The number of rotatable bonds is 5. The van der Waals surface area contributed by atoms with Crippen LogP contribution in [0.1, 0.15) is 18.9 Å². The number of nitrogens with one attached hydrogen (secondary N) is 2. The Hall–Kier alpha value is -1.96. The number of carbonyl (C=O) groups excluding carboxylic acids is 1. The van der Waals surface area contributed by atoms with Crippen LogP contribution in [-0.2, 0) is 22.0 Å². The van der Waals surface area contributed by atoms with E-state index in [-0.39, 0.29) is 17.6 Å². The van der Waals surface area contributed by atoms with Crippen molar-refractivity contribution in [3.05, 3.63) is 27.8 Å². The van der Waals surface area contributed by atoms with Crippen molar-refractivity contribution in [2.45, 2.75) is 25.8 Å². The maximum absolute atomic E-state index is 11.4. The molecule has 0 fully saturated rings. The quantitative estimate of drug-likeness (QED) is 0.636. The standard InChI is InChI=1S/C13H17N3O4S/c1-8(7-21(2)20)14-11-5-9-3-4-13(17)15-10(9)6-12(11)16(18)19/h5-6,8,14H,3-4,7H2,1-2H3,(H,15,17). The highest BCUT2D eigenvalue weighted by Gasteiger charge is 2.23. The Labute approximate surface area is 124 Å². The van der Waals surface area contributed by atoms with Crippen LogP contribution < -0.4 is 10.6 Å². The minimum atomic E-state index is -0.983. The molecule has 0 radical (unpaired) electrons. The Kier molecular flexibility index (Phi) is 4.56. The molecule has 21 heavy (non-hydrogen) atoms. The molecule has 2 unspecified atom stereocenters. The lowest BCUT2D eigenvalue weighted by atomic mass is 10.0. The number of hydrogen-bond acceptors (Lipinski definition) is 5. The van der Waals surface area contributed by atoms with Gasteiger partial charge in [0.05, 0.1) is 10.6 Å². The molecule has 0 aliphatic carbocycles. The lowest BCUT2D eigenvalue weighted by molar-refractivity contribution is -0.383. The summed E-state index contributed by atoms with van der Waals surface area (Å²) >= 11 is 0. The Bertz CT molecular complexity index is 618. The largest absolute Gasteiger partial charge is 0.376 e. The molecule has 0 saturated heterocycles. The van der Waals surface area contributed by atoms with Crippen LogP contribution >= 0.6 is 0 Å². The topological polar surface area (TPSA) is 101 Å². The summed E-state index contributed by atoms with van der Waals surface area (Å²) in [5.41, 5.74) is 1.67. The van der Waals surface area contributed by atoms with Crippen molar-refractivity contribution in [3.8, 4) is 0 Å². The predicted octanol–water partition coefficient (Wildman–Crippen LogP) is 1.66. The number of nitrogens with zero attached hydrogens (tertiary/aromatic N) is 1. The first-order valence-corrected chi connectivity index (χ1v) is 8.27. The minimum Gasteiger partial charge on any atom is -0.376 e. The Morgan fingerprint density at radius 2 is 2.19 bits per heavy atom. The van der Waals surface area contributed by atoms with Gasteiger partial charge in [0, 0.05) is 41.3 Å². The van der Waals surface area contributed by atoms with E-state index in [0.29, 0.717) is 30.0 Å². The second kappa shape index (κ2) is 6.21. The molecule has 8 heteroatoms. The Balaban J connectivity index is 2.33. The molecule has 2 atom stereocenters. The van der Waals surface area contributed by atoms with Crippen molar-refractivity contribution in [1.29, 1.82) is 0 Å². The highest BCUT2D eigenvalue weighted by Crippen LogP contribution is 2.34. The van der Waals surface area contributed by atoms with Crippen LogP contribution in [-0.4, -0.2) is 33.1 Å². The van der Waals surface area contributed by atoms with Crippen molar-refractivity contribution in [2.24, 2.45) is 0 Å². The molecule has 1 aromatic carbocycles. The van der Waals surface area contributed by atoms with Gasteiger partial charge >= 0.3 is 0 Å². The van der Waals surface area contributed by atoms with Crippen LogP contribution in [0.2, 0.25) is 0 Å². The third kappa shape index (κ3) is 3.78. The average molecular weight is 311 g/mol. The molecule has 0 bridgehead atoms. The van der Waals surface area contributed by atoms with Gasteiger partial charge in [-0.2, -0.15) is 0 Å². The lowest BCUT2D eigenvalue weighted by Gasteiger charge is -2.20. The number of hydrogen-bond donors (Lipinski definition) is 2. The van der Waals surface area contributed by atoms with Crippen molar-refractivity contribution in [1.82, 2.24) is 0 Å². The SMILES string of the molecule is CC(CS(C)=O)Nc1cc2c(cc1[N+](=O)[O-])NC(=O)CC2. The summed E-state index contributed by atoms with van der Waals surface area (Å²) in [6.45, 7) is 1.83. The van der Waals surface area contributed by atoms with Crippen LogP contribution in [0.3, 0.4) is 0 Å². The number of fused-ring (bicyclic) bond motifs is 1. The maximum atomic E-state index is 11.4. The summed E-state index contributed by atoms with van der Waals surface area (Å²) < 4.78 is 11.2. The van der Waals surface area contributed by atoms with E-state index in [1.807, 2.05) is 6.92 Å². The highest BCUT2D eigenvalue weighted by atomic mass is 32.2. The molecule has 0 spiro atoms. The molecule has 1 amide bonds. The zero-order chi connectivity index (χ0) is 15.6. The summed E-state index contributed by atoms with van der Waals surface area (Å²) in [5, 5.41) is 16.9. The molecule has 1 aromatic rings. The van der Waals surface area contributed by atoms with Crippen LogP contribution in [0, 0.1) is 10.1 Å². The number of anilines is 2. The summed E-state index contributed by atoms with van der Waals surface area (Å²) in [6.07, 6.45) is 2.52. The molecule has 0 aromatic heterocycles. The number of aryl methyl sites for hydroxylation is 1. The third-order valence-electron chi connectivity index (χ3n) is 3.20. The summed E-state index contributed by atoms with van der Waals surface area (Å²) in [4.78, 5) is 22.1. The Morgan fingerprint density at radius 1 is 1.48 bits per heavy atom. The van der Waals surface area contributed by atoms with E-state index in [2.05, 4.69) is 10.6 Å². The molecule has 114 valence electrons. The van der Waals surface area contributed by atoms with E-state index >= 15 is 0 Å². The van der Waals surface area contributed by atoms with Crippen molar-refractivity contribution >= 4 is 33.8 Å². The van der Waals surface area contributed by atoms with Gasteiger partial charge in [-0.25, -0.2) is 0 Å². The summed E-state index contributed by atoms with van der Waals surface area (Å²) in [6, 6.07) is 2.93. The fraction of sp³-hybridized carbons (Fsp3) is 0.462. The monoisotopic (exact) mass is 311 g/mol. The van der Waals surface area contributed by atoms with Gasteiger partial charge in [-0.05, 0) is 25.0 Å². The van der Waals surface area contributed by atoms with Crippen molar-refractivity contribution in [3.63, 3.8) is 0 Å². The lowest BCUT2D eigenvalue weighted by Crippen LogP contribution is -2.24. The van der Waals surface area contributed by atoms with Gasteiger partial charge in [-0.3, -0.25) is 19.1 Å². The fourth-order valence-electron chi connectivity index (χ4n) is 2.34. The Morgan fingerprint density at radius 3 is 2.81 bits per heavy atom. The third-order valence-corrected chi connectivity index (χ3v) is 4.17. The smallest absolute Gasteiger partial charge is 0.294 e. The molecule has 1 heterocycles. The van der Waals surface area contributed by atoms with Crippen molar-refractivity contribution < 1.29 is 13.9 Å². The van der Waals surface area contributed by atoms with E-state index in [1.165, 1.54) is 6.07 Å². The van der Waals surface area contributed by atoms with Gasteiger partial charge < -0.3 is 10.6 Å². The second-order valence-electron chi connectivity index (χ2n) is 5.12. The summed E-state index contributed by atoms with van der Waals surface area (Å²) in [7, 11) is -0.983. The van der Waals surface area contributed by atoms with Crippen LogP contribution in [0.15, 0.2) is 12.1 Å². The molecule has 1 aliphatic heterocycles. The molecular formula is C13H17N3O4S. The average Bonchev–Trinajstić information content (AvgIpc) is 2.37. The fourth-order valence-corrected chi connectivity index (χ4v) is 3.13. The van der Waals surface area contributed by atoms with E-state index in [9.17, 15) is 19.1 Å².